The van der Waals surface area contributed by atoms with Gasteiger partial charge in [-0.05, 0) is 30.4 Å². The summed E-state index contributed by atoms with van der Waals surface area (Å²) in [7, 11) is 4.18. The molecule has 1 heterocycles. The highest BCUT2D eigenvalue weighted by Crippen LogP contribution is 2.33. The highest BCUT2D eigenvalue weighted by Gasteiger charge is 2.31. The Morgan fingerprint density at radius 2 is 2.00 bits per heavy atom. The molecule has 3 nitrogen and oxygen atoms in total. The summed E-state index contributed by atoms with van der Waals surface area (Å²) in [6.45, 7) is 2.66. The second kappa shape index (κ2) is 5.92. The van der Waals surface area contributed by atoms with Crippen molar-refractivity contribution in [1.82, 2.24) is 10.2 Å². The first-order valence-electron chi connectivity index (χ1n) is 7.25. The van der Waals surface area contributed by atoms with Crippen molar-refractivity contribution in [2.45, 2.75) is 12.1 Å². The van der Waals surface area contributed by atoms with E-state index in [9.17, 15) is 0 Å². The standard InChI is InChI=1S/C17H22N2O/c1-18-12-16-17(19(2)10-11-20-16)15-9-5-7-13-6-3-4-8-14(13)15/h3-9,16-18H,10-12H2,1-2H3. The Labute approximate surface area is 120 Å². The number of likely N-dealkylation sites (N-methyl/N-ethyl adjacent to an activating group) is 2. The van der Waals surface area contributed by atoms with Gasteiger partial charge in [-0.2, -0.15) is 0 Å². The van der Waals surface area contributed by atoms with Gasteiger partial charge in [-0.1, -0.05) is 42.5 Å². The SMILES string of the molecule is CNCC1OCCN(C)C1c1cccc2ccccc12. The zero-order valence-electron chi connectivity index (χ0n) is 12.2. The van der Waals surface area contributed by atoms with E-state index in [2.05, 4.69) is 59.7 Å². The van der Waals surface area contributed by atoms with Gasteiger partial charge >= 0.3 is 0 Å². The van der Waals surface area contributed by atoms with E-state index >= 15 is 0 Å². The smallest absolute Gasteiger partial charge is 0.0896 e. The summed E-state index contributed by atoms with van der Waals surface area (Å²) in [5.41, 5.74) is 1.37. The summed E-state index contributed by atoms with van der Waals surface area (Å²) in [4.78, 5) is 2.41. The number of morpholine rings is 1. The van der Waals surface area contributed by atoms with Crippen LogP contribution in [0.1, 0.15) is 11.6 Å². The zero-order valence-corrected chi connectivity index (χ0v) is 12.2. The fraction of sp³-hybridized carbons (Fsp3) is 0.412. The van der Waals surface area contributed by atoms with Crippen molar-refractivity contribution < 1.29 is 4.74 Å². The molecule has 0 bridgehead atoms. The van der Waals surface area contributed by atoms with Crippen LogP contribution in [0.15, 0.2) is 42.5 Å². The Morgan fingerprint density at radius 3 is 2.85 bits per heavy atom. The third-order valence-corrected chi connectivity index (χ3v) is 4.15. The largest absolute Gasteiger partial charge is 0.374 e. The molecular weight excluding hydrogens is 248 g/mol. The van der Waals surface area contributed by atoms with Crippen molar-refractivity contribution in [3.05, 3.63) is 48.0 Å². The van der Waals surface area contributed by atoms with E-state index in [4.69, 9.17) is 4.74 Å². The Kier molecular flexibility index (Phi) is 4.01. The van der Waals surface area contributed by atoms with Gasteiger partial charge in [0, 0.05) is 13.1 Å². The van der Waals surface area contributed by atoms with E-state index in [1.54, 1.807) is 0 Å². The minimum absolute atomic E-state index is 0.199. The van der Waals surface area contributed by atoms with Gasteiger partial charge in [-0.25, -0.2) is 0 Å². The van der Waals surface area contributed by atoms with E-state index in [1.165, 1.54) is 16.3 Å². The van der Waals surface area contributed by atoms with Gasteiger partial charge in [0.25, 0.3) is 0 Å². The molecule has 0 aliphatic carbocycles. The lowest BCUT2D eigenvalue weighted by molar-refractivity contribution is -0.0601. The molecule has 3 heteroatoms. The molecule has 1 saturated heterocycles. The molecule has 1 aliphatic heterocycles. The van der Waals surface area contributed by atoms with Gasteiger partial charge in [-0.3, -0.25) is 4.90 Å². The fourth-order valence-electron chi connectivity index (χ4n) is 3.18. The second-order valence-corrected chi connectivity index (χ2v) is 5.46. The van der Waals surface area contributed by atoms with Gasteiger partial charge in [0.2, 0.25) is 0 Å². The summed E-state index contributed by atoms with van der Waals surface area (Å²) >= 11 is 0. The maximum Gasteiger partial charge on any atom is 0.0896 e. The molecule has 0 spiro atoms. The number of ether oxygens (including phenoxy) is 1. The molecule has 0 radical (unpaired) electrons. The summed E-state index contributed by atoms with van der Waals surface area (Å²) in [5.74, 6) is 0. The molecule has 2 aromatic rings. The molecule has 2 aromatic carbocycles. The first-order valence-corrected chi connectivity index (χ1v) is 7.25. The summed E-state index contributed by atoms with van der Waals surface area (Å²) in [6, 6.07) is 15.5. The molecule has 2 unspecified atom stereocenters. The molecule has 0 saturated carbocycles. The zero-order chi connectivity index (χ0) is 13.9. The van der Waals surface area contributed by atoms with E-state index in [1.807, 2.05) is 7.05 Å². The molecule has 0 amide bonds. The predicted molar refractivity (Wildman–Crippen MR) is 83.0 cm³/mol. The average molecular weight is 270 g/mol. The quantitative estimate of drug-likeness (QED) is 0.927. The Bertz CT molecular complexity index is 577. The van der Waals surface area contributed by atoms with Crippen LogP contribution in [-0.2, 0) is 4.74 Å². The minimum Gasteiger partial charge on any atom is -0.374 e. The third kappa shape index (κ3) is 2.44. The molecular formula is C17H22N2O. The van der Waals surface area contributed by atoms with Crippen LogP contribution in [0.2, 0.25) is 0 Å². The van der Waals surface area contributed by atoms with Crippen LogP contribution in [0, 0.1) is 0 Å². The van der Waals surface area contributed by atoms with Crippen LogP contribution in [0.25, 0.3) is 10.8 Å². The molecule has 3 rings (SSSR count). The first kappa shape index (κ1) is 13.6. The number of fused-ring (bicyclic) bond motifs is 1. The van der Waals surface area contributed by atoms with Gasteiger partial charge in [0.15, 0.2) is 0 Å². The van der Waals surface area contributed by atoms with E-state index < -0.39 is 0 Å². The lowest BCUT2D eigenvalue weighted by atomic mass is 9.93. The maximum absolute atomic E-state index is 6.00. The summed E-state index contributed by atoms with van der Waals surface area (Å²) < 4.78 is 6.00. The molecule has 20 heavy (non-hydrogen) atoms. The molecule has 1 aliphatic rings. The number of nitrogens with one attached hydrogen (secondary N) is 1. The highest BCUT2D eigenvalue weighted by atomic mass is 16.5. The third-order valence-electron chi connectivity index (χ3n) is 4.15. The van der Waals surface area contributed by atoms with Gasteiger partial charge in [-0.15, -0.1) is 0 Å². The Balaban J connectivity index is 2.06. The van der Waals surface area contributed by atoms with Crippen molar-refractivity contribution in [2.75, 3.05) is 33.8 Å². The molecule has 106 valence electrons. The molecule has 0 aromatic heterocycles. The van der Waals surface area contributed by atoms with Crippen LogP contribution in [0.3, 0.4) is 0 Å². The van der Waals surface area contributed by atoms with Crippen molar-refractivity contribution in [3.8, 4) is 0 Å². The van der Waals surface area contributed by atoms with Gasteiger partial charge in [0.05, 0.1) is 18.8 Å². The minimum atomic E-state index is 0.199. The van der Waals surface area contributed by atoms with Crippen molar-refractivity contribution in [1.29, 1.82) is 0 Å². The number of hydrogen-bond acceptors (Lipinski definition) is 3. The second-order valence-electron chi connectivity index (χ2n) is 5.46. The fourth-order valence-corrected chi connectivity index (χ4v) is 3.18. The van der Waals surface area contributed by atoms with Crippen molar-refractivity contribution in [2.24, 2.45) is 0 Å². The van der Waals surface area contributed by atoms with Crippen molar-refractivity contribution >= 4 is 10.8 Å². The topological polar surface area (TPSA) is 24.5 Å². The Morgan fingerprint density at radius 1 is 1.20 bits per heavy atom. The number of rotatable bonds is 3. The first-order chi connectivity index (χ1) is 9.81. The maximum atomic E-state index is 6.00. The summed E-state index contributed by atoms with van der Waals surface area (Å²) in [6.07, 6.45) is 0.199. The molecule has 2 atom stereocenters. The average Bonchev–Trinajstić information content (AvgIpc) is 2.48. The number of benzene rings is 2. The van der Waals surface area contributed by atoms with Gasteiger partial charge in [0.1, 0.15) is 0 Å². The van der Waals surface area contributed by atoms with Crippen LogP contribution in [0.4, 0.5) is 0 Å². The van der Waals surface area contributed by atoms with Crippen molar-refractivity contribution in [3.63, 3.8) is 0 Å². The number of nitrogens with zero attached hydrogens (tertiary/aromatic N) is 1. The lowest BCUT2D eigenvalue weighted by Crippen LogP contribution is -2.47. The van der Waals surface area contributed by atoms with E-state index in [0.29, 0.717) is 6.04 Å². The normalized spacial score (nSPS) is 24.1. The molecule has 1 fully saturated rings. The van der Waals surface area contributed by atoms with E-state index in [0.717, 1.165) is 19.7 Å². The van der Waals surface area contributed by atoms with Crippen LogP contribution < -0.4 is 5.32 Å². The molecule has 1 N–H and O–H groups in total. The van der Waals surface area contributed by atoms with Gasteiger partial charge < -0.3 is 10.1 Å². The highest BCUT2D eigenvalue weighted by molar-refractivity contribution is 5.86. The summed E-state index contributed by atoms with van der Waals surface area (Å²) in [5, 5.41) is 5.88. The monoisotopic (exact) mass is 270 g/mol. The van der Waals surface area contributed by atoms with Crippen LogP contribution in [-0.4, -0.2) is 44.8 Å². The number of hydrogen-bond donors (Lipinski definition) is 1. The lowest BCUT2D eigenvalue weighted by Gasteiger charge is -2.40. The predicted octanol–water partition coefficient (Wildman–Crippen LogP) is 2.43. The van der Waals surface area contributed by atoms with Crippen LogP contribution in [0.5, 0.6) is 0 Å². The Hall–Kier alpha value is -1.42. The van der Waals surface area contributed by atoms with E-state index in [-0.39, 0.29) is 6.10 Å². The van der Waals surface area contributed by atoms with Crippen LogP contribution >= 0.6 is 0 Å².